The molecule has 0 bridgehead atoms. The van der Waals surface area contributed by atoms with Crippen molar-refractivity contribution in [1.29, 1.82) is 0 Å². The normalized spacial score (nSPS) is 13.6. The largest absolute Gasteiger partial charge is 0.445 e. The van der Waals surface area contributed by atoms with Crippen molar-refractivity contribution in [1.82, 2.24) is 10.6 Å². The number of carbonyl (C=O) groups is 3. The van der Waals surface area contributed by atoms with Gasteiger partial charge in [-0.3, -0.25) is 18.7 Å². The van der Waals surface area contributed by atoms with Gasteiger partial charge in [0.25, 0.3) is 20.2 Å². The number of benzene rings is 1. The molecule has 6 N–H and O–H groups in total. The van der Waals surface area contributed by atoms with E-state index < -0.39 is 61.6 Å². The number of hydrogen-bond acceptors (Lipinski definition) is 9. The lowest BCUT2D eigenvalue weighted by molar-refractivity contribution is -0.127. The minimum Gasteiger partial charge on any atom is -0.445 e. The summed E-state index contributed by atoms with van der Waals surface area (Å²) in [6.45, 7) is 0.0338. The van der Waals surface area contributed by atoms with Crippen LogP contribution in [0.2, 0.25) is 0 Å². The van der Waals surface area contributed by atoms with E-state index in [4.69, 9.17) is 19.6 Å². The highest BCUT2D eigenvalue weighted by Gasteiger charge is 2.29. The number of nitrogens with two attached hydrogens (primary N) is 1. The van der Waals surface area contributed by atoms with Crippen LogP contribution in [0.4, 0.5) is 4.79 Å². The van der Waals surface area contributed by atoms with Gasteiger partial charge in [-0.25, -0.2) is 4.79 Å². The van der Waals surface area contributed by atoms with E-state index in [1.165, 1.54) is 0 Å². The Balaban J connectivity index is 2.52. The van der Waals surface area contributed by atoms with Gasteiger partial charge in [-0.05, 0) is 12.0 Å². The molecule has 0 aliphatic heterocycles. The van der Waals surface area contributed by atoms with Gasteiger partial charge in [0.1, 0.15) is 24.4 Å². The Kier molecular flexibility index (Phi) is 10.7. The first-order chi connectivity index (χ1) is 14.8. The Morgan fingerprint density at radius 3 is 2.16 bits per heavy atom. The first-order valence-corrected chi connectivity index (χ1v) is 12.4. The first-order valence-electron chi connectivity index (χ1n) is 9.20. The highest BCUT2D eigenvalue weighted by atomic mass is 32.2. The number of carbonyl (C=O) groups excluding carboxylic acids is 3. The maximum absolute atomic E-state index is 12.3. The second-order valence-electron chi connectivity index (χ2n) is 6.72. The van der Waals surface area contributed by atoms with Crippen LogP contribution in [0, 0.1) is 0 Å². The summed E-state index contributed by atoms with van der Waals surface area (Å²) in [4.78, 5) is 35.8. The van der Waals surface area contributed by atoms with Crippen LogP contribution in [0.1, 0.15) is 18.4 Å². The smallest absolute Gasteiger partial charge is 0.407 e. The lowest BCUT2D eigenvalue weighted by Crippen LogP contribution is -2.52. The summed E-state index contributed by atoms with van der Waals surface area (Å²) in [5, 5.41) is 4.34. The third kappa shape index (κ3) is 12.3. The first kappa shape index (κ1) is 27.4. The summed E-state index contributed by atoms with van der Waals surface area (Å²) in [6.07, 6.45) is -0.985. The minimum absolute atomic E-state index is 0.00578. The number of amides is 2. The molecule has 0 saturated heterocycles. The van der Waals surface area contributed by atoms with Gasteiger partial charge in [-0.15, -0.1) is 0 Å². The van der Waals surface area contributed by atoms with Crippen molar-refractivity contribution >= 4 is 38.0 Å². The zero-order valence-electron chi connectivity index (χ0n) is 16.8. The molecular weight excluding hydrogens is 470 g/mol. The standard InChI is InChI=1S/C17H25N3O10S2/c18-13(10-31(24,25)26)16(22)20-14(11-32(27,28)29)15(21)7-4-8-19-17(23)30-9-12-5-2-1-3-6-12/h1-3,5-6,13-14H,4,7-11,18H2,(H,19,23)(H,20,22)(H,24,25,26)(H,27,28,29)/t13-,14-/m0/s1. The Bertz CT molecular complexity index is 997. The van der Waals surface area contributed by atoms with E-state index in [0.717, 1.165) is 5.56 Å². The summed E-state index contributed by atoms with van der Waals surface area (Å²) < 4.78 is 66.6. The maximum Gasteiger partial charge on any atom is 0.407 e. The molecule has 13 nitrogen and oxygen atoms in total. The third-order valence-corrected chi connectivity index (χ3v) is 5.43. The predicted molar refractivity (Wildman–Crippen MR) is 112 cm³/mol. The molecule has 2 atom stereocenters. The van der Waals surface area contributed by atoms with Gasteiger partial charge in [0, 0.05) is 13.0 Å². The number of alkyl carbamates (subject to hydrolysis) is 1. The van der Waals surface area contributed by atoms with Gasteiger partial charge in [0.05, 0.1) is 5.75 Å². The molecule has 2 amide bonds. The molecule has 1 aromatic carbocycles. The molecule has 0 aromatic heterocycles. The fraction of sp³-hybridized carbons (Fsp3) is 0.471. The maximum atomic E-state index is 12.3. The topological polar surface area (TPSA) is 219 Å². The second kappa shape index (κ2) is 12.4. The third-order valence-electron chi connectivity index (χ3n) is 3.89. The molecule has 0 fully saturated rings. The van der Waals surface area contributed by atoms with Crippen molar-refractivity contribution < 1.29 is 45.1 Å². The molecule has 0 unspecified atom stereocenters. The average molecular weight is 496 g/mol. The highest BCUT2D eigenvalue weighted by Crippen LogP contribution is 2.03. The number of Topliss-reactive ketones (excluding diaryl/α,β-unsaturated/α-hetero) is 1. The summed E-state index contributed by atoms with van der Waals surface area (Å²) in [7, 11) is -9.28. The van der Waals surface area contributed by atoms with Crippen LogP contribution < -0.4 is 16.4 Å². The van der Waals surface area contributed by atoms with E-state index >= 15 is 0 Å². The van der Waals surface area contributed by atoms with E-state index in [-0.39, 0.29) is 26.0 Å². The van der Waals surface area contributed by atoms with Crippen molar-refractivity contribution in [2.45, 2.75) is 31.5 Å². The molecule has 1 rings (SSSR count). The monoisotopic (exact) mass is 495 g/mol. The lowest BCUT2D eigenvalue weighted by Gasteiger charge is -2.18. The Hall–Kier alpha value is -2.59. The molecule has 1 aromatic rings. The van der Waals surface area contributed by atoms with E-state index in [1.807, 2.05) is 5.32 Å². The minimum atomic E-state index is -4.69. The van der Waals surface area contributed by atoms with Crippen molar-refractivity contribution in [2.75, 3.05) is 18.1 Å². The molecule has 0 aliphatic carbocycles. The van der Waals surface area contributed by atoms with Crippen molar-refractivity contribution in [2.24, 2.45) is 5.73 Å². The van der Waals surface area contributed by atoms with E-state index in [0.29, 0.717) is 0 Å². The van der Waals surface area contributed by atoms with Crippen LogP contribution in [0.5, 0.6) is 0 Å². The number of ketones is 1. The van der Waals surface area contributed by atoms with Crippen molar-refractivity contribution in [3.8, 4) is 0 Å². The zero-order valence-corrected chi connectivity index (χ0v) is 18.5. The van der Waals surface area contributed by atoms with Crippen LogP contribution in [-0.2, 0) is 41.2 Å². The summed E-state index contributed by atoms with van der Waals surface area (Å²) in [6, 6.07) is 5.40. The van der Waals surface area contributed by atoms with E-state index in [1.54, 1.807) is 30.3 Å². The SMILES string of the molecule is N[C@@H](CS(=O)(=O)O)C(=O)N[C@@H](CS(=O)(=O)O)C(=O)CCCNC(=O)OCc1ccccc1. The van der Waals surface area contributed by atoms with Gasteiger partial charge in [-0.1, -0.05) is 30.3 Å². The predicted octanol–water partition coefficient (Wildman–Crippen LogP) is -1.15. The van der Waals surface area contributed by atoms with Crippen LogP contribution in [0.15, 0.2) is 30.3 Å². The van der Waals surface area contributed by atoms with E-state index in [2.05, 4.69) is 5.32 Å². The molecular formula is C17H25N3O10S2. The van der Waals surface area contributed by atoms with Gasteiger partial charge in [-0.2, -0.15) is 16.8 Å². The van der Waals surface area contributed by atoms with Gasteiger partial charge in [0.15, 0.2) is 5.78 Å². The summed E-state index contributed by atoms with van der Waals surface area (Å²) >= 11 is 0. The van der Waals surface area contributed by atoms with Crippen LogP contribution in [0.3, 0.4) is 0 Å². The van der Waals surface area contributed by atoms with Crippen LogP contribution >= 0.6 is 0 Å². The quantitative estimate of drug-likeness (QED) is 0.162. The van der Waals surface area contributed by atoms with Crippen molar-refractivity contribution in [3.05, 3.63) is 35.9 Å². The number of nitrogens with one attached hydrogen (secondary N) is 2. The fourth-order valence-corrected chi connectivity index (χ4v) is 3.70. The van der Waals surface area contributed by atoms with Gasteiger partial charge < -0.3 is 21.1 Å². The zero-order chi connectivity index (χ0) is 24.4. The molecule has 0 saturated carbocycles. The Morgan fingerprint density at radius 2 is 1.59 bits per heavy atom. The van der Waals surface area contributed by atoms with Crippen LogP contribution in [0.25, 0.3) is 0 Å². The number of ether oxygens (including phenoxy) is 1. The molecule has 32 heavy (non-hydrogen) atoms. The van der Waals surface area contributed by atoms with Crippen LogP contribution in [-0.4, -0.2) is 73.9 Å². The van der Waals surface area contributed by atoms with Crippen molar-refractivity contribution in [3.63, 3.8) is 0 Å². The van der Waals surface area contributed by atoms with Gasteiger partial charge >= 0.3 is 6.09 Å². The average Bonchev–Trinajstić information content (AvgIpc) is 2.67. The fourth-order valence-electron chi connectivity index (χ4n) is 2.41. The molecule has 180 valence electrons. The Labute approximate surface area is 185 Å². The second-order valence-corrected chi connectivity index (χ2v) is 9.72. The molecule has 0 radical (unpaired) electrons. The molecule has 0 spiro atoms. The lowest BCUT2D eigenvalue weighted by atomic mass is 10.1. The molecule has 0 heterocycles. The Morgan fingerprint density at radius 1 is 1.00 bits per heavy atom. The summed E-state index contributed by atoms with van der Waals surface area (Å²) in [5.74, 6) is -4.34. The highest BCUT2D eigenvalue weighted by molar-refractivity contribution is 7.86. The number of rotatable bonds is 13. The summed E-state index contributed by atoms with van der Waals surface area (Å²) in [5.41, 5.74) is 6.08. The number of hydrogen-bond donors (Lipinski definition) is 5. The van der Waals surface area contributed by atoms with E-state index in [9.17, 15) is 31.2 Å². The molecule has 15 heteroatoms. The molecule has 0 aliphatic rings. The van der Waals surface area contributed by atoms with Gasteiger partial charge in [0.2, 0.25) is 5.91 Å².